The number of hydrogen-bond acceptors (Lipinski definition) is 1. The topological polar surface area (TPSA) is 26.0 Å². The molecule has 0 unspecified atom stereocenters. The van der Waals surface area contributed by atoms with Crippen LogP contribution in [0.25, 0.3) is 0 Å². The summed E-state index contributed by atoms with van der Waals surface area (Å²) in [4.78, 5) is 0. The standard InChI is InChI=1S/C11H21N/c1-4-5-6-7-9-10(8-12)11(9,2)3/h6-7,9-10H,4-5,8,12H2,1-3H3/b7-6+/t9-,10-/m0/s1. The third kappa shape index (κ3) is 1.71. The summed E-state index contributed by atoms with van der Waals surface area (Å²) in [7, 11) is 0. The fraction of sp³-hybridized carbons (Fsp3) is 0.818. The van der Waals surface area contributed by atoms with Gasteiger partial charge in [-0.2, -0.15) is 0 Å². The first-order valence-corrected chi connectivity index (χ1v) is 5.01. The molecule has 0 spiro atoms. The van der Waals surface area contributed by atoms with Crippen molar-refractivity contribution in [3.63, 3.8) is 0 Å². The van der Waals surface area contributed by atoms with Crippen LogP contribution in [-0.4, -0.2) is 6.54 Å². The van der Waals surface area contributed by atoms with Gasteiger partial charge in [0, 0.05) is 0 Å². The lowest BCUT2D eigenvalue weighted by Crippen LogP contribution is -2.05. The summed E-state index contributed by atoms with van der Waals surface area (Å²) >= 11 is 0. The zero-order valence-electron chi connectivity index (χ0n) is 8.51. The molecule has 70 valence electrons. The Kier molecular flexibility index (Phi) is 2.94. The molecule has 0 saturated heterocycles. The molecule has 0 aromatic heterocycles. The van der Waals surface area contributed by atoms with E-state index in [2.05, 4.69) is 32.9 Å². The van der Waals surface area contributed by atoms with Gasteiger partial charge < -0.3 is 5.73 Å². The maximum absolute atomic E-state index is 5.67. The van der Waals surface area contributed by atoms with Crippen molar-refractivity contribution in [2.45, 2.75) is 33.6 Å². The molecule has 2 N–H and O–H groups in total. The van der Waals surface area contributed by atoms with Crippen molar-refractivity contribution in [3.8, 4) is 0 Å². The van der Waals surface area contributed by atoms with Crippen molar-refractivity contribution in [1.29, 1.82) is 0 Å². The van der Waals surface area contributed by atoms with E-state index < -0.39 is 0 Å². The predicted molar refractivity (Wildman–Crippen MR) is 53.9 cm³/mol. The molecule has 12 heavy (non-hydrogen) atoms. The van der Waals surface area contributed by atoms with Crippen molar-refractivity contribution in [3.05, 3.63) is 12.2 Å². The fourth-order valence-corrected chi connectivity index (χ4v) is 2.03. The van der Waals surface area contributed by atoms with Gasteiger partial charge in [-0.05, 0) is 30.2 Å². The Morgan fingerprint density at radius 3 is 2.50 bits per heavy atom. The van der Waals surface area contributed by atoms with Gasteiger partial charge in [-0.3, -0.25) is 0 Å². The number of nitrogens with two attached hydrogens (primary N) is 1. The lowest BCUT2D eigenvalue weighted by Gasteiger charge is -1.97. The molecular weight excluding hydrogens is 146 g/mol. The van der Waals surface area contributed by atoms with Crippen LogP contribution >= 0.6 is 0 Å². The van der Waals surface area contributed by atoms with E-state index in [1.165, 1.54) is 12.8 Å². The second kappa shape index (κ2) is 3.61. The summed E-state index contributed by atoms with van der Waals surface area (Å²) < 4.78 is 0. The average Bonchev–Trinajstić information content (AvgIpc) is 2.54. The minimum absolute atomic E-state index is 0.471. The van der Waals surface area contributed by atoms with E-state index in [-0.39, 0.29) is 0 Å². The SMILES string of the molecule is CCC/C=C/[C@H]1[C@H](CN)C1(C)C. The molecule has 1 aliphatic carbocycles. The summed E-state index contributed by atoms with van der Waals surface area (Å²) in [6.45, 7) is 7.67. The zero-order valence-corrected chi connectivity index (χ0v) is 8.51. The highest BCUT2D eigenvalue weighted by molar-refractivity contribution is 5.14. The quantitative estimate of drug-likeness (QED) is 0.640. The number of hydrogen-bond donors (Lipinski definition) is 1. The van der Waals surface area contributed by atoms with E-state index in [1.54, 1.807) is 0 Å². The summed E-state index contributed by atoms with van der Waals surface area (Å²) in [6.07, 6.45) is 7.13. The largest absolute Gasteiger partial charge is 0.330 e. The molecular formula is C11H21N. The highest BCUT2D eigenvalue weighted by Crippen LogP contribution is 2.58. The van der Waals surface area contributed by atoms with E-state index in [1.807, 2.05) is 0 Å². The molecule has 0 aromatic carbocycles. The van der Waals surface area contributed by atoms with Crippen LogP contribution < -0.4 is 5.73 Å². The Hall–Kier alpha value is -0.300. The first-order valence-electron chi connectivity index (χ1n) is 5.01. The molecule has 0 amide bonds. The van der Waals surface area contributed by atoms with Gasteiger partial charge >= 0.3 is 0 Å². The molecule has 1 rings (SSSR count). The minimum atomic E-state index is 0.471. The normalized spacial score (nSPS) is 32.7. The molecule has 1 heteroatoms. The molecule has 1 nitrogen and oxygen atoms in total. The van der Waals surface area contributed by atoms with E-state index in [4.69, 9.17) is 5.73 Å². The third-order valence-electron chi connectivity index (χ3n) is 3.19. The number of unbranched alkanes of at least 4 members (excludes halogenated alkanes) is 1. The number of rotatable bonds is 4. The van der Waals surface area contributed by atoms with Crippen LogP contribution in [0.4, 0.5) is 0 Å². The molecule has 0 aliphatic heterocycles. The average molecular weight is 167 g/mol. The summed E-state index contributed by atoms with van der Waals surface area (Å²) in [5, 5.41) is 0. The van der Waals surface area contributed by atoms with Crippen LogP contribution in [0.3, 0.4) is 0 Å². The van der Waals surface area contributed by atoms with Crippen LogP contribution in [0.1, 0.15) is 33.6 Å². The van der Waals surface area contributed by atoms with Crippen molar-refractivity contribution in [2.75, 3.05) is 6.54 Å². The Morgan fingerprint density at radius 1 is 1.42 bits per heavy atom. The van der Waals surface area contributed by atoms with Crippen molar-refractivity contribution >= 4 is 0 Å². The van der Waals surface area contributed by atoms with Crippen LogP contribution in [0, 0.1) is 17.3 Å². The molecule has 0 heterocycles. The van der Waals surface area contributed by atoms with Gasteiger partial charge in [-0.1, -0.05) is 39.3 Å². The van der Waals surface area contributed by atoms with Crippen molar-refractivity contribution < 1.29 is 0 Å². The highest BCUT2D eigenvalue weighted by atomic mass is 14.7. The summed E-state index contributed by atoms with van der Waals surface area (Å²) in [5.41, 5.74) is 6.14. The van der Waals surface area contributed by atoms with Gasteiger partial charge in [0.05, 0.1) is 0 Å². The zero-order chi connectivity index (χ0) is 9.19. The van der Waals surface area contributed by atoms with Gasteiger partial charge in [-0.25, -0.2) is 0 Å². The lowest BCUT2D eigenvalue weighted by molar-refractivity contribution is 0.555. The second-order valence-corrected chi connectivity index (χ2v) is 4.41. The number of allylic oxidation sites excluding steroid dienone is 2. The third-order valence-corrected chi connectivity index (χ3v) is 3.19. The van der Waals surface area contributed by atoms with Crippen LogP contribution in [-0.2, 0) is 0 Å². The molecule has 1 aliphatic rings. The molecule has 0 bridgehead atoms. The first kappa shape index (κ1) is 9.79. The van der Waals surface area contributed by atoms with Gasteiger partial charge in [0.25, 0.3) is 0 Å². The van der Waals surface area contributed by atoms with Crippen molar-refractivity contribution in [1.82, 2.24) is 0 Å². The summed E-state index contributed by atoms with van der Waals surface area (Å²) in [6, 6.07) is 0. The fourth-order valence-electron chi connectivity index (χ4n) is 2.03. The molecule has 0 radical (unpaired) electrons. The molecule has 1 saturated carbocycles. The Bertz CT molecular complexity index is 170. The van der Waals surface area contributed by atoms with E-state index in [0.717, 1.165) is 18.4 Å². The molecule has 2 atom stereocenters. The van der Waals surface area contributed by atoms with Gasteiger partial charge in [0.2, 0.25) is 0 Å². The maximum Gasteiger partial charge on any atom is -0.00377 e. The molecule has 0 aromatic rings. The van der Waals surface area contributed by atoms with E-state index >= 15 is 0 Å². The second-order valence-electron chi connectivity index (χ2n) is 4.41. The first-order chi connectivity index (χ1) is 5.64. The Morgan fingerprint density at radius 2 is 2.08 bits per heavy atom. The monoisotopic (exact) mass is 167 g/mol. The predicted octanol–water partition coefficient (Wildman–Crippen LogP) is 2.57. The molecule has 1 fully saturated rings. The Labute approximate surface area is 76.0 Å². The van der Waals surface area contributed by atoms with Crippen LogP contribution in [0.15, 0.2) is 12.2 Å². The summed E-state index contributed by atoms with van der Waals surface area (Å²) in [5.74, 6) is 1.47. The lowest BCUT2D eigenvalue weighted by atomic mass is 10.1. The van der Waals surface area contributed by atoms with Crippen LogP contribution in [0.2, 0.25) is 0 Å². The van der Waals surface area contributed by atoms with E-state index in [9.17, 15) is 0 Å². The minimum Gasteiger partial charge on any atom is -0.330 e. The smallest absolute Gasteiger partial charge is 0.00377 e. The van der Waals surface area contributed by atoms with Crippen LogP contribution in [0.5, 0.6) is 0 Å². The van der Waals surface area contributed by atoms with Gasteiger partial charge in [0.1, 0.15) is 0 Å². The van der Waals surface area contributed by atoms with Gasteiger partial charge in [-0.15, -0.1) is 0 Å². The van der Waals surface area contributed by atoms with Crippen molar-refractivity contribution in [2.24, 2.45) is 23.0 Å². The maximum atomic E-state index is 5.67. The Balaban J connectivity index is 2.36. The highest BCUT2D eigenvalue weighted by Gasteiger charge is 2.54. The van der Waals surface area contributed by atoms with E-state index in [0.29, 0.717) is 5.41 Å². The van der Waals surface area contributed by atoms with Gasteiger partial charge in [0.15, 0.2) is 0 Å².